The number of methoxy groups -OCH3 is 1. The van der Waals surface area contributed by atoms with Gasteiger partial charge >= 0.3 is 0 Å². The van der Waals surface area contributed by atoms with Gasteiger partial charge in [0.15, 0.2) is 0 Å². The Balaban J connectivity index is 2.34. The van der Waals surface area contributed by atoms with Crippen LogP contribution < -0.4 is 4.74 Å². The second-order valence-corrected chi connectivity index (χ2v) is 5.28. The number of halogens is 1. The van der Waals surface area contributed by atoms with Crippen molar-refractivity contribution in [1.82, 2.24) is 9.38 Å². The van der Waals surface area contributed by atoms with Crippen LogP contribution in [0.3, 0.4) is 0 Å². The van der Waals surface area contributed by atoms with Gasteiger partial charge in [0.1, 0.15) is 17.2 Å². The summed E-state index contributed by atoms with van der Waals surface area (Å²) in [6, 6.07) is 7.29. The van der Waals surface area contributed by atoms with Crippen LogP contribution in [0.1, 0.15) is 25.3 Å². The van der Waals surface area contributed by atoms with Crippen LogP contribution in [-0.2, 0) is 0 Å². The largest absolute Gasteiger partial charge is 0.496 e. The number of hydrogen-bond acceptors (Lipinski definition) is 2. The number of rotatable bonds is 3. The molecule has 1 aromatic carbocycles. The van der Waals surface area contributed by atoms with E-state index in [1.54, 1.807) is 19.4 Å². The van der Waals surface area contributed by atoms with Gasteiger partial charge in [-0.2, -0.15) is 0 Å². The van der Waals surface area contributed by atoms with Crippen molar-refractivity contribution >= 4 is 5.65 Å². The second kappa shape index (κ2) is 5.20. The minimum absolute atomic E-state index is 0.121. The van der Waals surface area contributed by atoms with Gasteiger partial charge in [-0.05, 0) is 17.5 Å². The summed E-state index contributed by atoms with van der Waals surface area (Å²) < 4.78 is 22.1. The molecule has 21 heavy (non-hydrogen) atoms. The van der Waals surface area contributed by atoms with Crippen LogP contribution >= 0.6 is 0 Å². The molecule has 0 unspecified atom stereocenters. The topological polar surface area (TPSA) is 26.5 Å². The molecule has 0 bridgehead atoms. The first kappa shape index (κ1) is 13.6. The van der Waals surface area contributed by atoms with Crippen molar-refractivity contribution in [2.75, 3.05) is 7.11 Å². The van der Waals surface area contributed by atoms with Crippen LogP contribution in [0, 0.1) is 5.82 Å². The van der Waals surface area contributed by atoms with Gasteiger partial charge in [-0.25, -0.2) is 9.37 Å². The van der Waals surface area contributed by atoms with E-state index in [2.05, 4.69) is 4.98 Å². The third-order valence-corrected chi connectivity index (χ3v) is 3.67. The van der Waals surface area contributed by atoms with E-state index < -0.39 is 0 Å². The van der Waals surface area contributed by atoms with Gasteiger partial charge < -0.3 is 9.14 Å². The molecule has 0 aliphatic rings. The Labute approximate surface area is 123 Å². The predicted octanol–water partition coefficient (Wildman–Crippen LogP) is 4.27. The Morgan fingerprint density at radius 1 is 1.19 bits per heavy atom. The van der Waals surface area contributed by atoms with Crippen LogP contribution in [0.2, 0.25) is 0 Å². The lowest BCUT2D eigenvalue weighted by Gasteiger charge is -2.14. The number of ether oxygens (including phenoxy) is 1. The van der Waals surface area contributed by atoms with Crippen LogP contribution in [-0.4, -0.2) is 16.5 Å². The first-order valence-electron chi connectivity index (χ1n) is 6.92. The molecule has 108 valence electrons. The summed E-state index contributed by atoms with van der Waals surface area (Å²) in [6.45, 7) is 3.96. The Bertz CT molecular complexity index is 793. The molecule has 0 saturated carbocycles. The van der Waals surface area contributed by atoms with Crippen LogP contribution in [0.4, 0.5) is 4.39 Å². The minimum atomic E-state index is -0.207. The highest BCUT2D eigenvalue weighted by atomic mass is 19.1. The Kier molecular flexibility index (Phi) is 3.37. The van der Waals surface area contributed by atoms with Gasteiger partial charge in [0.25, 0.3) is 0 Å². The lowest BCUT2D eigenvalue weighted by molar-refractivity contribution is 0.416. The molecule has 0 fully saturated rings. The summed E-state index contributed by atoms with van der Waals surface area (Å²) >= 11 is 0. The van der Waals surface area contributed by atoms with Crippen LogP contribution in [0.15, 0.2) is 42.9 Å². The molecule has 0 saturated heterocycles. The Hall–Kier alpha value is -2.36. The molecule has 2 aromatic heterocycles. The first-order chi connectivity index (χ1) is 10.1. The van der Waals surface area contributed by atoms with Gasteiger partial charge in [0, 0.05) is 24.2 Å². The van der Waals surface area contributed by atoms with E-state index >= 15 is 0 Å². The van der Waals surface area contributed by atoms with Crippen molar-refractivity contribution < 1.29 is 9.13 Å². The minimum Gasteiger partial charge on any atom is -0.496 e. The summed E-state index contributed by atoms with van der Waals surface area (Å²) in [5.74, 6) is 0.533. The average Bonchev–Trinajstić information content (AvgIpc) is 2.94. The number of nitrogens with zero attached hydrogens (tertiary/aromatic N) is 2. The van der Waals surface area contributed by atoms with E-state index in [1.807, 2.05) is 48.8 Å². The molecule has 0 aliphatic heterocycles. The molecule has 2 heterocycles. The van der Waals surface area contributed by atoms with Gasteiger partial charge in [-0.15, -0.1) is 0 Å². The number of aromatic nitrogens is 2. The van der Waals surface area contributed by atoms with E-state index in [-0.39, 0.29) is 11.7 Å². The maximum atomic E-state index is 14.9. The molecule has 3 aromatic rings. The monoisotopic (exact) mass is 284 g/mol. The molecule has 0 radical (unpaired) electrons. The van der Waals surface area contributed by atoms with Crippen LogP contribution in [0.5, 0.6) is 5.75 Å². The van der Waals surface area contributed by atoms with E-state index in [4.69, 9.17) is 4.74 Å². The summed E-state index contributed by atoms with van der Waals surface area (Å²) in [5.41, 5.74) is 2.59. The SMILES string of the molecule is COc1ccn2ccnc2c1-c1cccc(C(C)C)c1F. The van der Waals surface area contributed by atoms with Gasteiger partial charge in [-0.3, -0.25) is 0 Å². The molecule has 0 amide bonds. The molecular formula is C17H17FN2O. The predicted molar refractivity (Wildman–Crippen MR) is 81.2 cm³/mol. The number of fused-ring (bicyclic) bond motifs is 1. The summed E-state index contributed by atoms with van der Waals surface area (Å²) in [5, 5.41) is 0. The van der Waals surface area contributed by atoms with Crippen molar-refractivity contribution in [3.8, 4) is 16.9 Å². The number of benzene rings is 1. The number of hydrogen-bond donors (Lipinski definition) is 0. The third kappa shape index (κ3) is 2.17. The van der Waals surface area contributed by atoms with Gasteiger partial charge in [0.05, 0.1) is 12.7 Å². The lowest BCUT2D eigenvalue weighted by atomic mass is 9.96. The van der Waals surface area contributed by atoms with E-state index in [0.717, 1.165) is 0 Å². The fourth-order valence-electron chi connectivity index (χ4n) is 2.58. The Morgan fingerprint density at radius 2 is 2.00 bits per heavy atom. The second-order valence-electron chi connectivity index (χ2n) is 5.28. The zero-order valence-corrected chi connectivity index (χ0v) is 12.3. The van der Waals surface area contributed by atoms with Crippen molar-refractivity contribution in [2.24, 2.45) is 0 Å². The number of imidazole rings is 1. The van der Waals surface area contributed by atoms with Crippen molar-refractivity contribution in [2.45, 2.75) is 19.8 Å². The normalized spacial score (nSPS) is 11.3. The van der Waals surface area contributed by atoms with E-state index in [1.165, 1.54) is 0 Å². The smallest absolute Gasteiger partial charge is 0.148 e. The molecule has 0 atom stereocenters. The van der Waals surface area contributed by atoms with Crippen molar-refractivity contribution in [3.05, 3.63) is 54.2 Å². The van der Waals surface area contributed by atoms with Crippen LogP contribution in [0.25, 0.3) is 16.8 Å². The van der Waals surface area contributed by atoms with Crippen molar-refractivity contribution in [3.63, 3.8) is 0 Å². The molecule has 0 spiro atoms. The summed E-state index contributed by atoms with van der Waals surface area (Å²) in [6.07, 6.45) is 5.39. The average molecular weight is 284 g/mol. The zero-order valence-electron chi connectivity index (χ0n) is 12.3. The third-order valence-electron chi connectivity index (χ3n) is 3.67. The molecule has 3 rings (SSSR count). The summed E-state index contributed by atoms with van der Waals surface area (Å²) in [7, 11) is 1.59. The molecular weight excluding hydrogens is 267 g/mol. The molecule has 0 N–H and O–H groups in total. The number of pyridine rings is 1. The quantitative estimate of drug-likeness (QED) is 0.718. The zero-order chi connectivity index (χ0) is 15.0. The van der Waals surface area contributed by atoms with Gasteiger partial charge in [0.2, 0.25) is 0 Å². The first-order valence-corrected chi connectivity index (χ1v) is 6.92. The molecule has 0 aliphatic carbocycles. The fraction of sp³-hybridized carbons (Fsp3) is 0.235. The highest BCUT2D eigenvalue weighted by molar-refractivity contribution is 5.83. The Morgan fingerprint density at radius 3 is 2.71 bits per heavy atom. The van der Waals surface area contributed by atoms with E-state index in [0.29, 0.717) is 28.1 Å². The van der Waals surface area contributed by atoms with Gasteiger partial charge in [-0.1, -0.05) is 32.0 Å². The highest BCUT2D eigenvalue weighted by Gasteiger charge is 2.18. The maximum absolute atomic E-state index is 14.9. The lowest BCUT2D eigenvalue weighted by Crippen LogP contribution is -1.99. The summed E-state index contributed by atoms with van der Waals surface area (Å²) in [4.78, 5) is 4.34. The van der Waals surface area contributed by atoms with E-state index in [9.17, 15) is 4.39 Å². The highest BCUT2D eigenvalue weighted by Crippen LogP contribution is 2.36. The standard InChI is InChI=1S/C17H17FN2O/c1-11(2)12-5-4-6-13(16(12)18)15-14(21-3)7-9-20-10-8-19-17(15)20/h4-11H,1-3H3. The molecule has 3 nitrogen and oxygen atoms in total. The maximum Gasteiger partial charge on any atom is 0.148 e. The fourth-order valence-corrected chi connectivity index (χ4v) is 2.58. The molecule has 4 heteroatoms. The van der Waals surface area contributed by atoms with Crippen molar-refractivity contribution in [1.29, 1.82) is 0 Å².